The predicted molar refractivity (Wildman–Crippen MR) is 78.0 cm³/mol. The summed E-state index contributed by atoms with van der Waals surface area (Å²) in [7, 11) is -0.210. The van der Waals surface area contributed by atoms with Gasteiger partial charge in [0.05, 0.1) is 4.90 Å². The Labute approximate surface area is 134 Å². The molecule has 0 saturated carbocycles. The van der Waals surface area contributed by atoms with Crippen molar-refractivity contribution in [3.05, 3.63) is 28.2 Å². The molecule has 0 bridgehead atoms. The first-order valence-electron chi connectivity index (χ1n) is 5.90. The summed E-state index contributed by atoms with van der Waals surface area (Å²) in [6.45, 7) is -1.42. The average molecular weight is 403 g/mol. The van der Waals surface area contributed by atoms with Crippen molar-refractivity contribution in [3.8, 4) is 0 Å². The summed E-state index contributed by atoms with van der Waals surface area (Å²) in [4.78, 5) is 12.3. The van der Waals surface area contributed by atoms with Crippen molar-refractivity contribution < 1.29 is 26.4 Å². The number of amides is 1. The zero-order valence-corrected chi connectivity index (χ0v) is 14.4. The molecule has 0 saturated heterocycles. The van der Waals surface area contributed by atoms with E-state index in [0.717, 1.165) is 17.4 Å². The highest BCUT2D eigenvalue weighted by molar-refractivity contribution is 9.10. The summed E-state index contributed by atoms with van der Waals surface area (Å²) in [6.07, 6.45) is -4.53. The zero-order valence-electron chi connectivity index (χ0n) is 12.0. The van der Waals surface area contributed by atoms with Crippen molar-refractivity contribution in [1.29, 1.82) is 0 Å². The molecule has 1 rings (SSSR count). The van der Waals surface area contributed by atoms with Crippen molar-refractivity contribution in [2.45, 2.75) is 11.1 Å². The van der Waals surface area contributed by atoms with Crippen LogP contribution in [0.25, 0.3) is 0 Å². The van der Waals surface area contributed by atoms with E-state index < -0.39 is 28.7 Å². The van der Waals surface area contributed by atoms with Crippen LogP contribution in [0.4, 0.5) is 13.2 Å². The van der Waals surface area contributed by atoms with Crippen LogP contribution in [0.5, 0.6) is 0 Å². The number of hydrogen-bond acceptors (Lipinski definition) is 3. The Bertz CT molecular complexity index is 675. The minimum absolute atomic E-state index is 0.143. The van der Waals surface area contributed by atoms with E-state index in [1.165, 1.54) is 26.2 Å². The van der Waals surface area contributed by atoms with Gasteiger partial charge in [-0.1, -0.05) is 0 Å². The zero-order chi connectivity index (χ0) is 17.3. The predicted octanol–water partition coefficient (Wildman–Crippen LogP) is 2.33. The van der Waals surface area contributed by atoms with Gasteiger partial charge < -0.3 is 4.90 Å². The number of hydrogen-bond donors (Lipinski definition) is 0. The number of halogens is 4. The van der Waals surface area contributed by atoms with E-state index in [1.54, 1.807) is 0 Å². The van der Waals surface area contributed by atoms with Crippen LogP contribution in [0.2, 0.25) is 0 Å². The van der Waals surface area contributed by atoms with Crippen molar-refractivity contribution in [1.82, 2.24) is 9.21 Å². The maximum absolute atomic E-state index is 12.3. The monoisotopic (exact) mass is 402 g/mol. The molecule has 0 N–H and O–H groups in total. The molecule has 1 aromatic carbocycles. The molecule has 0 radical (unpaired) electrons. The number of alkyl halides is 3. The largest absolute Gasteiger partial charge is 0.406 e. The molecule has 0 atom stereocenters. The molecular formula is C12H14BrF3N2O3S. The van der Waals surface area contributed by atoms with Gasteiger partial charge in [0.1, 0.15) is 6.54 Å². The molecule has 0 unspecified atom stereocenters. The van der Waals surface area contributed by atoms with E-state index in [2.05, 4.69) is 15.9 Å². The third-order valence-electron chi connectivity index (χ3n) is 2.70. The third kappa shape index (κ3) is 4.43. The molecule has 0 heterocycles. The van der Waals surface area contributed by atoms with Gasteiger partial charge >= 0.3 is 6.18 Å². The number of carbonyl (C=O) groups excluding carboxylic acids is 1. The summed E-state index contributed by atoms with van der Waals surface area (Å²) >= 11 is 3.06. The molecule has 5 nitrogen and oxygen atoms in total. The number of carbonyl (C=O) groups is 1. The number of nitrogens with zero attached hydrogens (tertiary/aromatic N) is 2. The van der Waals surface area contributed by atoms with Crippen molar-refractivity contribution in [2.75, 3.05) is 27.7 Å². The quantitative estimate of drug-likeness (QED) is 0.776. The first-order valence-corrected chi connectivity index (χ1v) is 8.14. The lowest BCUT2D eigenvalue weighted by molar-refractivity contribution is -0.138. The molecule has 0 fully saturated rings. The second-order valence-corrected chi connectivity index (χ2v) is 7.68. The molecule has 0 aromatic heterocycles. The molecular weight excluding hydrogens is 389 g/mol. The fourth-order valence-electron chi connectivity index (χ4n) is 1.59. The Morgan fingerprint density at radius 3 is 2.23 bits per heavy atom. The molecule has 1 aromatic rings. The van der Waals surface area contributed by atoms with Crippen LogP contribution in [0.3, 0.4) is 0 Å². The van der Waals surface area contributed by atoms with Gasteiger partial charge in [-0.3, -0.25) is 4.79 Å². The Balaban J connectivity index is 3.22. The molecule has 0 aliphatic heterocycles. The second-order valence-electron chi connectivity index (χ2n) is 4.71. The molecule has 0 spiro atoms. The van der Waals surface area contributed by atoms with E-state index in [9.17, 15) is 26.4 Å². The van der Waals surface area contributed by atoms with Crippen LogP contribution in [0.15, 0.2) is 27.6 Å². The highest BCUT2D eigenvalue weighted by atomic mass is 79.9. The minimum Gasteiger partial charge on any atom is -0.333 e. The van der Waals surface area contributed by atoms with E-state index in [4.69, 9.17) is 0 Å². The van der Waals surface area contributed by atoms with E-state index in [-0.39, 0.29) is 14.9 Å². The number of benzene rings is 1. The van der Waals surface area contributed by atoms with Crippen molar-refractivity contribution in [2.24, 2.45) is 0 Å². The Morgan fingerprint density at radius 2 is 1.77 bits per heavy atom. The van der Waals surface area contributed by atoms with E-state index in [1.807, 2.05) is 0 Å². The molecule has 10 heteroatoms. The Morgan fingerprint density at radius 1 is 1.23 bits per heavy atom. The lowest BCUT2D eigenvalue weighted by Gasteiger charge is -2.20. The summed E-state index contributed by atoms with van der Waals surface area (Å²) in [5.74, 6) is -0.917. The second kappa shape index (κ2) is 6.55. The van der Waals surface area contributed by atoms with Gasteiger partial charge in [-0.05, 0) is 34.1 Å². The van der Waals surface area contributed by atoms with Crippen LogP contribution in [0.1, 0.15) is 10.4 Å². The minimum atomic E-state index is -4.53. The maximum Gasteiger partial charge on any atom is 0.406 e. The first-order chi connectivity index (χ1) is 9.86. The lowest BCUT2D eigenvalue weighted by atomic mass is 10.2. The molecule has 0 aliphatic rings. The highest BCUT2D eigenvalue weighted by Crippen LogP contribution is 2.26. The van der Waals surface area contributed by atoms with Crippen molar-refractivity contribution in [3.63, 3.8) is 0 Å². The number of sulfonamides is 1. The summed E-state index contributed by atoms with van der Waals surface area (Å²) < 4.78 is 62.3. The fourth-order valence-corrected chi connectivity index (χ4v) is 3.44. The summed E-state index contributed by atoms with van der Waals surface area (Å²) in [6, 6.07) is 3.62. The molecule has 1 amide bonds. The van der Waals surface area contributed by atoms with Crippen molar-refractivity contribution >= 4 is 31.9 Å². The van der Waals surface area contributed by atoms with Gasteiger partial charge in [0.25, 0.3) is 5.91 Å². The van der Waals surface area contributed by atoms with Crippen LogP contribution >= 0.6 is 15.9 Å². The first kappa shape index (κ1) is 18.9. The normalized spacial score (nSPS) is 12.5. The van der Waals surface area contributed by atoms with E-state index in [0.29, 0.717) is 4.90 Å². The Kier molecular flexibility index (Phi) is 5.63. The topological polar surface area (TPSA) is 57.7 Å². The Hall–Kier alpha value is -1.13. The van der Waals surface area contributed by atoms with Gasteiger partial charge in [-0.2, -0.15) is 13.2 Å². The van der Waals surface area contributed by atoms with Gasteiger partial charge in [-0.25, -0.2) is 12.7 Å². The van der Waals surface area contributed by atoms with Crippen LogP contribution in [0, 0.1) is 0 Å². The summed E-state index contributed by atoms with van der Waals surface area (Å²) in [5.41, 5.74) is -0.143. The number of rotatable bonds is 4. The van der Waals surface area contributed by atoms with Gasteiger partial charge in [0.15, 0.2) is 0 Å². The van der Waals surface area contributed by atoms with Gasteiger partial charge in [0.2, 0.25) is 10.0 Å². The van der Waals surface area contributed by atoms with Crippen LogP contribution in [-0.2, 0) is 10.0 Å². The van der Waals surface area contributed by atoms with Crippen LogP contribution < -0.4 is 0 Å². The highest BCUT2D eigenvalue weighted by Gasteiger charge is 2.32. The lowest BCUT2D eigenvalue weighted by Crippen LogP contribution is -2.36. The van der Waals surface area contributed by atoms with E-state index >= 15 is 0 Å². The van der Waals surface area contributed by atoms with Gasteiger partial charge in [-0.15, -0.1) is 0 Å². The standard InChI is InChI=1S/C12H14BrF3N2O3S/c1-17(2)22(20,21)10-6-8(4-5-9(10)13)11(19)18(3)7-12(14,15)16/h4-6H,7H2,1-3H3. The average Bonchev–Trinajstić information content (AvgIpc) is 2.36. The maximum atomic E-state index is 12.3. The van der Waals surface area contributed by atoms with Gasteiger partial charge in [0, 0.05) is 31.2 Å². The molecule has 124 valence electrons. The molecule has 22 heavy (non-hydrogen) atoms. The smallest absolute Gasteiger partial charge is 0.333 e. The summed E-state index contributed by atoms with van der Waals surface area (Å²) in [5, 5.41) is 0. The fraction of sp³-hybridized carbons (Fsp3) is 0.417. The molecule has 0 aliphatic carbocycles. The van der Waals surface area contributed by atoms with Crippen LogP contribution in [-0.4, -0.2) is 57.4 Å². The third-order valence-corrected chi connectivity index (χ3v) is 5.51. The SMILES string of the molecule is CN(CC(F)(F)F)C(=O)c1ccc(Br)c(S(=O)(=O)N(C)C)c1.